The van der Waals surface area contributed by atoms with Gasteiger partial charge in [-0.3, -0.25) is 14.5 Å². The van der Waals surface area contributed by atoms with Gasteiger partial charge < -0.3 is 30.2 Å². The van der Waals surface area contributed by atoms with Crippen LogP contribution in [0.1, 0.15) is 19.5 Å². The Kier molecular flexibility index (Phi) is 6.12. The summed E-state index contributed by atoms with van der Waals surface area (Å²) in [5.74, 6) is 0.101. The lowest BCUT2D eigenvalue weighted by Crippen LogP contribution is -2.44. The predicted octanol–water partition coefficient (Wildman–Crippen LogP) is 2.86. The molecular formula is C28H33N9O2. The highest BCUT2D eigenvalue weighted by Gasteiger charge is 2.37. The van der Waals surface area contributed by atoms with Gasteiger partial charge in [-0.2, -0.15) is 5.10 Å². The van der Waals surface area contributed by atoms with Crippen LogP contribution >= 0.6 is 0 Å². The number of hydrogen-bond donors (Lipinski definition) is 4. The van der Waals surface area contributed by atoms with Crippen molar-refractivity contribution in [1.82, 2.24) is 34.6 Å². The van der Waals surface area contributed by atoms with E-state index in [0.717, 1.165) is 42.9 Å². The van der Waals surface area contributed by atoms with Crippen LogP contribution in [0.15, 0.2) is 53.6 Å². The number of H-pyrrole nitrogens is 2. The van der Waals surface area contributed by atoms with Gasteiger partial charge >= 0.3 is 0 Å². The molecule has 1 saturated heterocycles. The van der Waals surface area contributed by atoms with Gasteiger partial charge in [-0.25, -0.2) is 4.98 Å². The Morgan fingerprint density at radius 3 is 2.56 bits per heavy atom. The van der Waals surface area contributed by atoms with Gasteiger partial charge in [-0.15, -0.1) is 0 Å². The number of aromatic nitrogens is 6. The molecule has 202 valence electrons. The van der Waals surface area contributed by atoms with Crippen molar-refractivity contribution < 1.29 is 5.11 Å². The van der Waals surface area contributed by atoms with Crippen LogP contribution < -0.4 is 15.8 Å². The molecule has 39 heavy (non-hydrogen) atoms. The van der Waals surface area contributed by atoms with E-state index >= 15 is 0 Å². The molecule has 1 aliphatic rings. The van der Waals surface area contributed by atoms with E-state index in [1.54, 1.807) is 36.3 Å². The SMILES string of the molecule is CC(C)[C@@](O)(Nc1c(-c2nc3ccc(N4CCN(C)CC4)cc3[nH]2)c(=O)[nH]c2cn(C)nc12)c1ccccn1. The zero-order chi connectivity index (χ0) is 27.3. The summed E-state index contributed by atoms with van der Waals surface area (Å²) in [5.41, 5.74) is 2.94. The molecule has 0 spiro atoms. The molecule has 0 unspecified atom stereocenters. The van der Waals surface area contributed by atoms with E-state index in [4.69, 9.17) is 4.98 Å². The molecule has 11 nitrogen and oxygen atoms in total. The van der Waals surface area contributed by atoms with Crippen LogP contribution in [0.4, 0.5) is 11.4 Å². The molecule has 4 aromatic heterocycles. The van der Waals surface area contributed by atoms with Crippen molar-refractivity contribution in [3.63, 3.8) is 0 Å². The topological polar surface area (TPSA) is 131 Å². The Hall–Kier alpha value is -4.22. The fourth-order valence-corrected chi connectivity index (χ4v) is 5.19. The summed E-state index contributed by atoms with van der Waals surface area (Å²) in [6, 6.07) is 11.5. The van der Waals surface area contributed by atoms with Crippen molar-refractivity contribution in [3.05, 3.63) is 64.8 Å². The minimum Gasteiger partial charge on any atom is -0.369 e. The van der Waals surface area contributed by atoms with Crippen molar-refractivity contribution in [1.29, 1.82) is 0 Å². The lowest BCUT2D eigenvalue weighted by molar-refractivity contribution is 0.0149. The number of piperazine rings is 1. The van der Waals surface area contributed by atoms with E-state index in [-0.39, 0.29) is 17.0 Å². The second-order valence-corrected chi connectivity index (χ2v) is 10.6. The first-order valence-corrected chi connectivity index (χ1v) is 13.2. The van der Waals surface area contributed by atoms with Crippen LogP contribution in [0.5, 0.6) is 0 Å². The van der Waals surface area contributed by atoms with Gasteiger partial charge in [0.05, 0.1) is 27.9 Å². The lowest BCUT2D eigenvalue weighted by Gasteiger charge is -2.34. The van der Waals surface area contributed by atoms with Gasteiger partial charge in [0.2, 0.25) is 0 Å². The smallest absolute Gasteiger partial charge is 0.261 e. The summed E-state index contributed by atoms with van der Waals surface area (Å²) in [7, 11) is 3.92. The summed E-state index contributed by atoms with van der Waals surface area (Å²) in [6.07, 6.45) is 3.37. The van der Waals surface area contributed by atoms with E-state index in [2.05, 4.69) is 54.3 Å². The Bertz CT molecular complexity index is 1700. The standard InChI is InChI=1S/C28H33N9O2/c1-17(2)28(39,22-7-5-6-10-29-22)33-25-23(27(38)32-21-16-36(4)34-24(21)25)26-30-19-9-8-18(15-20(19)31-26)37-13-11-35(3)12-14-37/h5-10,15-17,33,39H,11-14H2,1-4H3,(H,30,31)(H,32,38)/t28-/m0/s1. The van der Waals surface area contributed by atoms with Crippen molar-refractivity contribution in [2.24, 2.45) is 13.0 Å². The Morgan fingerprint density at radius 1 is 1.05 bits per heavy atom. The third-order valence-corrected chi connectivity index (χ3v) is 7.57. The molecule has 1 aromatic carbocycles. The van der Waals surface area contributed by atoms with E-state index in [0.29, 0.717) is 28.2 Å². The number of aliphatic hydroxyl groups is 1. The zero-order valence-electron chi connectivity index (χ0n) is 22.6. The molecule has 5 aromatic rings. The van der Waals surface area contributed by atoms with Crippen molar-refractivity contribution in [2.45, 2.75) is 19.6 Å². The fourth-order valence-electron chi connectivity index (χ4n) is 5.19. The van der Waals surface area contributed by atoms with Crippen LogP contribution in [0.3, 0.4) is 0 Å². The quantitative estimate of drug-likeness (QED) is 0.248. The van der Waals surface area contributed by atoms with Crippen LogP contribution in [-0.4, -0.2) is 72.9 Å². The number of imidazole rings is 1. The second-order valence-electron chi connectivity index (χ2n) is 10.6. The molecular weight excluding hydrogens is 494 g/mol. The van der Waals surface area contributed by atoms with E-state index in [1.807, 2.05) is 26.0 Å². The molecule has 4 N–H and O–H groups in total. The molecule has 0 bridgehead atoms. The summed E-state index contributed by atoms with van der Waals surface area (Å²) in [5, 5.41) is 19.8. The van der Waals surface area contributed by atoms with Crippen LogP contribution in [0.2, 0.25) is 0 Å². The number of rotatable bonds is 6. The number of pyridine rings is 2. The number of nitrogens with one attached hydrogen (secondary N) is 3. The zero-order valence-corrected chi connectivity index (χ0v) is 22.6. The van der Waals surface area contributed by atoms with Gasteiger partial charge in [-0.1, -0.05) is 19.9 Å². The number of aryl methyl sites for hydroxylation is 1. The first-order valence-electron chi connectivity index (χ1n) is 13.2. The number of anilines is 2. The summed E-state index contributed by atoms with van der Waals surface area (Å²) in [4.78, 5) is 33.8. The maximum absolute atomic E-state index is 13.6. The van der Waals surface area contributed by atoms with Crippen molar-refractivity contribution in [2.75, 3.05) is 43.4 Å². The van der Waals surface area contributed by atoms with Gasteiger partial charge in [-0.05, 0) is 37.4 Å². The van der Waals surface area contributed by atoms with Gasteiger partial charge in [0, 0.05) is 57.2 Å². The molecule has 6 rings (SSSR count). The lowest BCUT2D eigenvalue weighted by atomic mass is 9.94. The van der Waals surface area contributed by atoms with Crippen molar-refractivity contribution in [3.8, 4) is 11.4 Å². The Balaban J connectivity index is 1.50. The highest BCUT2D eigenvalue weighted by Crippen LogP contribution is 2.37. The van der Waals surface area contributed by atoms with Crippen molar-refractivity contribution >= 4 is 33.4 Å². The Labute approximate surface area is 225 Å². The molecule has 1 aliphatic heterocycles. The number of benzene rings is 1. The molecule has 1 fully saturated rings. The second kappa shape index (κ2) is 9.51. The minimum absolute atomic E-state index is 0.272. The summed E-state index contributed by atoms with van der Waals surface area (Å²) >= 11 is 0. The van der Waals surface area contributed by atoms with Gasteiger partial charge in [0.1, 0.15) is 16.9 Å². The third-order valence-electron chi connectivity index (χ3n) is 7.57. The number of fused-ring (bicyclic) bond motifs is 2. The predicted molar refractivity (Wildman–Crippen MR) is 153 cm³/mol. The molecule has 1 atom stereocenters. The summed E-state index contributed by atoms with van der Waals surface area (Å²) in [6.45, 7) is 7.71. The number of likely N-dealkylation sites (N-methyl/N-ethyl adjacent to an activating group) is 1. The van der Waals surface area contributed by atoms with Crippen LogP contribution in [-0.2, 0) is 12.8 Å². The maximum Gasteiger partial charge on any atom is 0.261 e. The third kappa shape index (κ3) is 4.43. The normalized spacial score (nSPS) is 16.3. The Morgan fingerprint density at radius 2 is 1.85 bits per heavy atom. The summed E-state index contributed by atoms with van der Waals surface area (Å²) < 4.78 is 1.63. The first-order chi connectivity index (χ1) is 18.7. The number of hydrogen-bond acceptors (Lipinski definition) is 8. The van der Waals surface area contributed by atoms with E-state index in [9.17, 15) is 9.90 Å². The highest BCUT2D eigenvalue weighted by atomic mass is 16.3. The first kappa shape index (κ1) is 25.1. The highest BCUT2D eigenvalue weighted by molar-refractivity contribution is 5.97. The number of aromatic amines is 2. The molecule has 0 aliphatic carbocycles. The monoisotopic (exact) mass is 527 g/mol. The molecule has 5 heterocycles. The van der Waals surface area contributed by atoms with Crippen LogP contribution in [0, 0.1) is 5.92 Å². The molecule has 0 amide bonds. The van der Waals surface area contributed by atoms with Gasteiger partial charge in [0.25, 0.3) is 5.56 Å². The van der Waals surface area contributed by atoms with Crippen LogP contribution in [0.25, 0.3) is 33.5 Å². The van der Waals surface area contributed by atoms with E-state index in [1.165, 1.54) is 0 Å². The molecule has 0 radical (unpaired) electrons. The largest absolute Gasteiger partial charge is 0.369 e. The molecule has 0 saturated carbocycles. The van der Waals surface area contributed by atoms with Gasteiger partial charge in [0.15, 0.2) is 5.72 Å². The molecule has 11 heteroatoms. The minimum atomic E-state index is -1.57. The number of nitrogens with zero attached hydrogens (tertiary/aromatic N) is 6. The average Bonchev–Trinajstić information content (AvgIpc) is 3.51. The fraction of sp³-hybridized carbons (Fsp3) is 0.357. The van der Waals surface area contributed by atoms with E-state index < -0.39 is 5.72 Å². The maximum atomic E-state index is 13.6. The average molecular weight is 528 g/mol.